The zero-order valence-electron chi connectivity index (χ0n) is 13.5. The van der Waals surface area contributed by atoms with Crippen LogP contribution in [0.2, 0.25) is 0 Å². The fourth-order valence-corrected chi connectivity index (χ4v) is 2.01. The van der Waals surface area contributed by atoms with E-state index in [4.69, 9.17) is 4.74 Å². The lowest BCUT2D eigenvalue weighted by Gasteiger charge is -2.13. The van der Waals surface area contributed by atoms with Crippen LogP contribution in [0, 0.1) is 0 Å². The van der Waals surface area contributed by atoms with E-state index in [0.717, 1.165) is 36.6 Å². The highest BCUT2D eigenvalue weighted by atomic mass is 16.5. The van der Waals surface area contributed by atoms with Crippen LogP contribution in [-0.2, 0) is 10.2 Å². The average molecular weight is 290 g/mol. The Morgan fingerprint density at radius 1 is 1.29 bits per heavy atom. The zero-order valence-corrected chi connectivity index (χ0v) is 13.5. The van der Waals surface area contributed by atoms with Crippen molar-refractivity contribution in [1.82, 2.24) is 14.6 Å². The van der Waals surface area contributed by atoms with Crippen LogP contribution in [0.5, 0.6) is 0 Å². The number of ether oxygens (including phenoxy) is 1. The van der Waals surface area contributed by atoms with E-state index in [-0.39, 0.29) is 5.41 Å². The summed E-state index contributed by atoms with van der Waals surface area (Å²) in [5.74, 6) is 0.861. The van der Waals surface area contributed by atoms with Gasteiger partial charge in [0.2, 0.25) is 0 Å². The van der Waals surface area contributed by atoms with Crippen LogP contribution < -0.4 is 5.32 Å². The summed E-state index contributed by atoms with van der Waals surface area (Å²) in [6.07, 6.45) is 5.94. The predicted octanol–water partition coefficient (Wildman–Crippen LogP) is 3.26. The molecule has 5 nitrogen and oxygen atoms in total. The van der Waals surface area contributed by atoms with E-state index in [1.54, 1.807) is 6.20 Å². The van der Waals surface area contributed by atoms with Gasteiger partial charge in [0.05, 0.1) is 12.3 Å². The summed E-state index contributed by atoms with van der Waals surface area (Å²) in [6.45, 7) is 10.9. The standard InChI is InChI=1S/C16H26N4O/c1-5-6-10-21-11-8-18-15-13-12-14(16(2,3)4)19-20(13)9-7-17-15/h7,9,12H,5-6,8,10-11H2,1-4H3,(H,17,18). The van der Waals surface area contributed by atoms with E-state index in [9.17, 15) is 0 Å². The molecule has 21 heavy (non-hydrogen) atoms. The maximum atomic E-state index is 5.55. The van der Waals surface area contributed by atoms with E-state index in [1.807, 2.05) is 10.7 Å². The van der Waals surface area contributed by atoms with E-state index in [2.05, 4.69) is 49.2 Å². The summed E-state index contributed by atoms with van der Waals surface area (Å²) in [5, 5.41) is 7.95. The smallest absolute Gasteiger partial charge is 0.152 e. The van der Waals surface area contributed by atoms with E-state index < -0.39 is 0 Å². The fourth-order valence-electron chi connectivity index (χ4n) is 2.01. The normalized spacial score (nSPS) is 12.0. The number of fused-ring (bicyclic) bond motifs is 1. The highest BCUT2D eigenvalue weighted by molar-refractivity contribution is 5.68. The van der Waals surface area contributed by atoms with Gasteiger partial charge in [-0.25, -0.2) is 9.50 Å². The Bertz CT molecular complexity index is 571. The van der Waals surface area contributed by atoms with Crippen molar-refractivity contribution in [3.8, 4) is 0 Å². The van der Waals surface area contributed by atoms with E-state index in [1.165, 1.54) is 6.42 Å². The minimum Gasteiger partial charge on any atom is -0.380 e. The second-order valence-corrected chi connectivity index (χ2v) is 6.28. The van der Waals surface area contributed by atoms with Crippen molar-refractivity contribution in [2.45, 2.75) is 46.0 Å². The van der Waals surface area contributed by atoms with Gasteiger partial charge < -0.3 is 10.1 Å². The lowest BCUT2D eigenvalue weighted by Crippen LogP contribution is -2.11. The summed E-state index contributed by atoms with van der Waals surface area (Å²) in [4.78, 5) is 4.41. The minimum atomic E-state index is 0.0343. The van der Waals surface area contributed by atoms with Crippen LogP contribution >= 0.6 is 0 Å². The molecule has 2 aromatic heterocycles. The highest BCUT2D eigenvalue weighted by Gasteiger charge is 2.18. The van der Waals surface area contributed by atoms with Crippen LogP contribution in [0.1, 0.15) is 46.2 Å². The third kappa shape index (κ3) is 4.17. The lowest BCUT2D eigenvalue weighted by atomic mass is 9.92. The topological polar surface area (TPSA) is 51.5 Å². The first-order valence-electron chi connectivity index (χ1n) is 7.69. The maximum absolute atomic E-state index is 5.55. The fraction of sp³-hybridized carbons (Fsp3) is 0.625. The number of unbranched alkanes of at least 4 members (excludes halogenated alkanes) is 1. The number of anilines is 1. The summed E-state index contributed by atoms with van der Waals surface area (Å²) < 4.78 is 7.44. The number of hydrogen-bond donors (Lipinski definition) is 1. The Labute approximate surface area is 126 Å². The monoisotopic (exact) mass is 290 g/mol. The van der Waals surface area contributed by atoms with Crippen LogP contribution in [0.25, 0.3) is 5.52 Å². The SMILES string of the molecule is CCCCOCCNc1nccn2nc(C(C)(C)C)cc12. The van der Waals surface area contributed by atoms with E-state index >= 15 is 0 Å². The predicted molar refractivity (Wildman–Crippen MR) is 85.9 cm³/mol. The van der Waals surface area contributed by atoms with Gasteiger partial charge >= 0.3 is 0 Å². The van der Waals surface area contributed by atoms with Crippen LogP contribution in [0.4, 0.5) is 5.82 Å². The molecule has 0 fully saturated rings. The molecule has 116 valence electrons. The summed E-state index contributed by atoms with van der Waals surface area (Å²) >= 11 is 0. The van der Waals surface area contributed by atoms with Gasteiger partial charge in [0.25, 0.3) is 0 Å². The molecule has 0 aliphatic carbocycles. The van der Waals surface area contributed by atoms with Crippen molar-refractivity contribution in [3.63, 3.8) is 0 Å². The Balaban J connectivity index is 2.01. The first kappa shape index (κ1) is 15.8. The van der Waals surface area contributed by atoms with Gasteiger partial charge in [-0.05, 0) is 12.5 Å². The summed E-state index contributed by atoms with van der Waals surface area (Å²) in [5.41, 5.74) is 2.11. The van der Waals surface area contributed by atoms with Crippen molar-refractivity contribution in [2.24, 2.45) is 0 Å². The molecule has 0 aliphatic rings. The number of aromatic nitrogens is 3. The molecule has 0 aliphatic heterocycles. The second kappa shape index (κ2) is 6.89. The molecular formula is C16H26N4O. The molecule has 0 amide bonds. The van der Waals surface area contributed by atoms with Crippen molar-refractivity contribution in [2.75, 3.05) is 25.1 Å². The third-order valence-corrected chi connectivity index (χ3v) is 3.34. The number of nitrogens with one attached hydrogen (secondary N) is 1. The minimum absolute atomic E-state index is 0.0343. The van der Waals surface area contributed by atoms with Crippen molar-refractivity contribution in [1.29, 1.82) is 0 Å². The molecule has 2 heterocycles. The molecule has 2 rings (SSSR count). The van der Waals surface area contributed by atoms with Gasteiger partial charge in [0.1, 0.15) is 5.52 Å². The van der Waals surface area contributed by atoms with Crippen LogP contribution in [0.15, 0.2) is 18.5 Å². The molecule has 0 unspecified atom stereocenters. The molecule has 0 radical (unpaired) electrons. The molecule has 0 bridgehead atoms. The van der Waals surface area contributed by atoms with Crippen LogP contribution in [0.3, 0.4) is 0 Å². The van der Waals surface area contributed by atoms with Gasteiger partial charge in [-0.1, -0.05) is 34.1 Å². The summed E-state index contributed by atoms with van der Waals surface area (Å²) in [7, 11) is 0. The Kier molecular flexibility index (Phi) is 5.17. The van der Waals surface area contributed by atoms with Gasteiger partial charge in [-0.15, -0.1) is 0 Å². The molecule has 5 heteroatoms. The van der Waals surface area contributed by atoms with Crippen molar-refractivity contribution < 1.29 is 4.74 Å². The molecule has 1 N–H and O–H groups in total. The molecule has 0 atom stereocenters. The largest absolute Gasteiger partial charge is 0.380 e. The molecule has 0 aromatic carbocycles. The van der Waals surface area contributed by atoms with Gasteiger partial charge in [0, 0.05) is 31.0 Å². The zero-order chi connectivity index (χ0) is 15.3. The highest BCUT2D eigenvalue weighted by Crippen LogP contribution is 2.24. The van der Waals surface area contributed by atoms with Gasteiger partial charge in [-0.3, -0.25) is 0 Å². The molecule has 0 spiro atoms. The van der Waals surface area contributed by atoms with Crippen molar-refractivity contribution in [3.05, 3.63) is 24.2 Å². The Morgan fingerprint density at radius 2 is 2.10 bits per heavy atom. The number of nitrogens with zero attached hydrogens (tertiary/aromatic N) is 3. The second-order valence-electron chi connectivity index (χ2n) is 6.28. The molecule has 2 aromatic rings. The first-order valence-corrected chi connectivity index (χ1v) is 7.69. The lowest BCUT2D eigenvalue weighted by molar-refractivity contribution is 0.141. The van der Waals surface area contributed by atoms with Gasteiger partial charge in [-0.2, -0.15) is 5.10 Å². The van der Waals surface area contributed by atoms with Crippen LogP contribution in [-0.4, -0.2) is 34.4 Å². The third-order valence-electron chi connectivity index (χ3n) is 3.34. The van der Waals surface area contributed by atoms with E-state index in [0.29, 0.717) is 6.61 Å². The molecule has 0 saturated heterocycles. The number of hydrogen-bond acceptors (Lipinski definition) is 4. The Morgan fingerprint density at radius 3 is 2.81 bits per heavy atom. The average Bonchev–Trinajstić information content (AvgIpc) is 2.87. The molecule has 0 saturated carbocycles. The number of rotatable bonds is 7. The Hall–Kier alpha value is -1.62. The van der Waals surface area contributed by atoms with Gasteiger partial charge in [0.15, 0.2) is 5.82 Å². The maximum Gasteiger partial charge on any atom is 0.152 e. The first-order chi connectivity index (χ1) is 10.0. The molecular weight excluding hydrogens is 264 g/mol. The van der Waals surface area contributed by atoms with Crippen molar-refractivity contribution >= 4 is 11.3 Å². The summed E-state index contributed by atoms with van der Waals surface area (Å²) in [6, 6.07) is 2.10. The quantitative estimate of drug-likeness (QED) is 0.795.